The Bertz CT molecular complexity index is 527. The normalized spacial score (nSPS) is 13.6. The molecular formula is C19H31NO2. The van der Waals surface area contributed by atoms with Gasteiger partial charge in [0.05, 0.1) is 0 Å². The van der Waals surface area contributed by atoms with Gasteiger partial charge in [-0.05, 0) is 63.6 Å². The molecule has 0 aromatic heterocycles. The van der Waals surface area contributed by atoms with Crippen molar-refractivity contribution in [2.45, 2.75) is 73.5 Å². The number of carbonyl (C=O) groups is 1. The number of carbonyl (C=O) groups excluding carboxylic acids is 1. The highest BCUT2D eigenvalue weighted by Gasteiger charge is 2.29. The van der Waals surface area contributed by atoms with E-state index >= 15 is 0 Å². The summed E-state index contributed by atoms with van der Waals surface area (Å²) in [6, 6.07) is 6.03. The zero-order chi connectivity index (χ0) is 17.1. The zero-order valence-electron chi connectivity index (χ0n) is 15.3. The summed E-state index contributed by atoms with van der Waals surface area (Å²) in [4.78, 5) is 12.4. The van der Waals surface area contributed by atoms with Crippen molar-refractivity contribution in [2.75, 3.05) is 0 Å². The third-order valence-electron chi connectivity index (χ3n) is 3.45. The molecule has 3 heteroatoms. The third-order valence-corrected chi connectivity index (χ3v) is 3.45. The van der Waals surface area contributed by atoms with Crippen LogP contribution in [0.2, 0.25) is 0 Å². The SMILES string of the molecule is Cc1ccc(C)c(OC(C)C(=O)NC(C)(C)CC(C)(C)C)c1. The monoisotopic (exact) mass is 305 g/mol. The molecule has 1 aromatic rings. The van der Waals surface area contributed by atoms with Gasteiger partial charge in [-0.2, -0.15) is 0 Å². The van der Waals surface area contributed by atoms with E-state index in [2.05, 4.69) is 39.9 Å². The summed E-state index contributed by atoms with van der Waals surface area (Å²) < 4.78 is 5.85. The van der Waals surface area contributed by atoms with E-state index in [4.69, 9.17) is 4.74 Å². The van der Waals surface area contributed by atoms with Crippen molar-refractivity contribution >= 4 is 5.91 Å². The highest BCUT2D eigenvalue weighted by molar-refractivity contribution is 5.81. The van der Waals surface area contributed by atoms with Gasteiger partial charge >= 0.3 is 0 Å². The van der Waals surface area contributed by atoms with E-state index < -0.39 is 6.10 Å². The number of hydrogen-bond donors (Lipinski definition) is 1. The van der Waals surface area contributed by atoms with Crippen molar-refractivity contribution in [3.63, 3.8) is 0 Å². The van der Waals surface area contributed by atoms with Crippen LogP contribution < -0.4 is 10.1 Å². The van der Waals surface area contributed by atoms with Gasteiger partial charge in [0, 0.05) is 5.54 Å². The number of ether oxygens (including phenoxy) is 1. The molecule has 0 saturated heterocycles. The molecule has 0 bridgehead atoms. The molecule has 1 N–H and O–H groups in total. The minimum absolute atomic E-state index is 0.0739. The van der Waals surface area contributed by atoms with Crippen LogP contribution in [0.4, 0.5) is 0 Å². The second-order valence-corrected chi connectivity index (χ2v) is 8.14. The van der Waals surface area contributed by atoms with Crippen LogP contribution in [0, 0.1) is 19.3 Å². The summed E-state index contributed by atoms with van der Waals surface area (Å²) in [5.41, 5.74) is 2.07. The van der Waals surface area contributed by atoms with Gasteiger partial charge in [0.2, 0.25) is 0 Å². The van der Waals surface area contributed by atoms with Crippen molar-refractivity contribution in [1.82, 2.24) is 5.32 Å². The predicted octanol–water partition coefficient (Wildman–Crippen LogP) is 4.40. The van der Waals surface area contributed by atoms with Crippen LogP contribution in [0.15, 0.2) is 18.2 Å². The van der Waals surface area contributed by atoms with E-state index in [9.17, 15) is 4.79 Å². The number of aryl methyl sites for hydroxylation is 2. The lowest BCUT2D eigenvalue weighted by Crippen LogP contribution is -2.50. The topological polar surface area (TPSA) is 38.3 Å². The second kappa shape index (κ2) is 6.72. The van der Waals surface area contributed by atoms with Gasteiger partial charge in [-0.3, -0.25) is 4.79 Å². The number of benzene rings is 1. The van der Waals surface area contributed by atoms with Crippen molar-refractivity contribution < 1.29 is 9.53 Å². The Morgan fingerprint density at radius 2 is 1.77 bits per heavy atom. The van der Waals surface area contributed by atoms with Crippen molar-refractivity contribution in [1.29, 1.82) is 0 Å². The van der Waals surface area contributed by atoms with Crippen LogP contribution in [0.3, 0.4) is 0 Å². The standard InChI is InChI=1S/C19H31NO2/c1-13-9-10-14(2)16(11-13)22-15(3)17(21)20-19(7,8)12-18(4,5)6/h9-11,15H,12H2,1-8H3,(H,20,21). The van der Waals surface area contributed by atoms with Gasteiger partial charge in [0.25, 0.3) is 5.91 Å². The Kier molecular flexibility index (Phi) is 5.66. The summed E-state index contributed by atoms with van der Waals surface area (Å²) in [7, 11) is 0. The lowest BCUT2D eigenvalue weighted by atomic mass is 9.81. The molecule has 0 spiro atoms. The number of rotatable bonds is 5. The maximum atomic E-state index is 12.4. The highest BCUT2D eigenvalue weighted by atomic mass is 16.5. The lowest BCUT2D eigenvalue weighted by molar-refractivity contribution is -0.129. The predicted molar refractivity (Wildman–Crippen MR) is 92.3 cm³/mol. The first kappa shape index (κ1) is 18.5. The molecule has 1 atom stereocenters. The van der Waals surface area contributed by atoms with E-state index in [0.29, 0.717) is 0 Å². The molecule has 1 aromatic carbocycles. The number of amides is 1. The number of nitrogens with one attached hydrogen (secondary N) is 1. The minimum Gasteiger partial charge on any atom is -0.481 e. The Balaban J connectivity index is 2.71. The van der Waals surface area contributed by atoms with E-state index in [1.54, 1.807) is 6.92 Å². The summed E-state index contributed by atoms with van der Waals surface area (Å²) in [6.07, 6.45) is 0.391. The summed E-state index contributed by atoms with van der Waals surface area (Å²) in [5, 5.41) is 3.10. The van der Waals surface area contributed by atoms with Crippen LogP contribution in [-0.2, 0) is 4.79 Å². The molecule has 1 rings (SSSR count). The fourth-order valence-electron chi connectivity index (χ4n) is 2.88. The first-order valence-corrected chi connectivity index (χ1v) is 7.96. The van der Waals surface area contributed by atoms with Gasteiger partial charge in [-0.1, -0.05) is 32.9 Å². The summed E-state index contributed by atoms with van der Waals surface area (Å²) >= 11 is 0. The Morgan fingerprint density at radius 1 is 1.18 bits per heavy atom. The lowest BCUT2D eigenvalue weighted by Gasteiger charge is -2.34. The van der Waals surface area contributed by atoms with Gasteiger partial charge in [0.15, 0.2) is 6.10 Å². The molecule has 0 fully saturated rings. The molecule has 3 nitrogen and oxygen atoms in total. The van der Waals surface area contributed by atoms with Gasteiger partial charge < -0.3 is 10.1 Å². The maximum Gasteiger partial charge on any atom is 0.261 e. The van der Waals surface area contributed by atoms with Crippen LogP contribution in [0.25, 0.3) is 0 Å². The Morgan fingerprint density at radius 3 is 2.32 bits per heavy atom. The molecule has 0 saturated carbocycles. The second-order valence-electron chi connectivity index (χ2n) is 8.14. The molecule has 1 unspecified atom stereocenters. The zero-order valence-corrected chi connectivity index (χ0v) is 15.3. The molecule has 0 radical (unpaired) electrons. The van der Waals surface area contributed by atoms with Crippen molar-refractivity contribution in [3.05, 3.63) is 29.3 Å². The Labute approximate surface area is 135 Å². The molecule has 0 aliphatic heterocycles. The highest BCUT2D eigenvalue weighted by Crippen LogP contribution is 2.27. The first-order valence-electron chi connectivity index (χ1n) is 7.96. The smallest absolute Gasteiger partial charge is 0.261 e. The average Bonchev–Trinajstić information content (AvgIpc) is 2.29. The minimum atomic E-state index is -0.514. The average molecular weight is 305 g/mol. The van der Waals surface area contributed by atoms with Crippen LogP contribution >= 0.6 is 0 Å². The first-order chi connectivity index (χ1) is 9.89. The van der Waals surface area contributed by atoms with E-state index in [1.807, 2.05) is 32.0 Å². The van der Waals surface area contributed by atoms with Gasteiger partial charge in [-0.25, -0.2) is 0 Å². The molecule has 1 amide bonds. The van der Waals surface area contributed by atoms with Crippen molar-refractivity contribution in [2.24, 2.45) is 5.41 Å². The van der Waals surface area contributed by atoms with E-state index in [-0.39, 0.29) is 16.9 Å². The van der Waals surface area contributed by atoms with Crippen LogP contribution in [0.1, 0.15) is 59.1 Å². The van der Waals surface area contributed by atoms with E-state index in [0.717, 1.165) is 23.3 Å². The molecule has 22 heavy (non-hydrogen) atoms. The van der Waals surface area contributed by atoms with Crippen LogP contribution in [0.5, 0.6) is 5.75 Å². The van der Waals surface area contributed by atoms with Crippen molar-refractivity contribution in [3.8, 4) is 5.75 Å². The van der Waals surface area contributed by atoms with E-state index in [1.165, 1.54) is 0 Å². The Hall–Kier alpha value is -1.51. The molecule has 0 aliphatic carbocycles. The molecule has 0 heterocycles. The quantitative estimate of drug-likeness (QED) is 0.875. The molecule has 124 valence electrons. The largest absolute Gasteiger partial charge is 0.481 e. The fourth-order valence-corrected chi connectivity index (χ4v) is 2.88. The fraction of sp³-hybridized carbons (Fsp3) is 0.632. The molecular weight excluding hydrogens is 274 g/mol. The third kappa shape index (κ3) is 6.08. The van der Waals surface area contributed by atoms with Gasteiger partial charge in [-0.15, -0.1) is 0 Å². The molecule has 0 aliphatic rings. The van der Waals surface area contributed by atoms with Gasteiger partial charge in [0.1, 0.15) is 5.75 Å². The summed E-state index contributed by atoms with van der Waals surface area (Å²) in [6.45, 7) is 16.4. The van der Waals surface area contributed by atoms with Crippen LogP contribution in [-0.4, -0.2) is 17.6 Å². The summed E-state index contributed by atoms with van der Waals surface area (Å²) in [5.74, 6) is 0.700. The number of hydrogen-bond acceptors (Lipinski definition) is 2. The maximum absolute atomic E-state index is 12.4.